The lowest BCUT2D eigenvalue weighted by Gasteiger charge is -2.06. The predicted molar refractivity (Wildman–Crippen MR) is 262 cm³/mol. The molecule has 0 saturated heterocycles. The molecule has 0 unspecified atom stereocenters. The molecule has 0 rings (SSSR count). The van der Waals surface area contributed by atoms with E-state index in [1.807, 2.05) is 0 Å². The summed E-state index contributed by atoms with van der Waals surface area (Å²) in [6, 6.07) is 0. The van der Waals surface area contributed by atoms with Gasteiger partial charge < -0.3 is 4.74 Å². The first kappa shape index (κ1) is 57.5. The highest BCUT2D eigenvalue weighted by molar-refractivity contribution is 5.69. The molecule has 0 aromatic heterocycles. The Morgan fingerprint density at radius 2 is 0.379 bits per heavy atom. The first-order valence-corrected chi connectivity index (χ1v) is 28.0. The molecule has 0 aliphatic carbocycles. The molecule has 0 heterocycles. The van der Waals surface area contributed by atoms with E-state index in [2.05, 4.69) is 13.8 Å². The topological polar surface area (TPSA) is 26.3 Å². The number of ether oxygens (including phenoxy) is 1. The van der Waals surface area contributed by atoms with Gasteiger partial charge in [-0.15, -0.1) is 0 Å². The summed E-state index contributed by atoms with van der Waals surface area (Å²) >= 11 is 0. The SMILES string of the molecule is CCCCCCCCCCCCCCCCCCCCCCCCCCCCCCOC(=O)CCCCCCCCCCCCCCCCCCCCCCCCC. The van der Waals surface area contributed by atoms with Gasteiger partial charge in [0.2, 0.25) is 0 Å². The van der Waals surface area contributed by atoms with E-state index < -0.39 is 0 Å². The van der Waals surface area contributed by atoms with Gasteiger partial charge in [0.1, 0.15) is 0 Å². The third kappa shape index (κ3) is 53.5. The first-order chi connectivity index (χ1) is 28.8. The van der Waals surface area contributed by atoms with Crippen molar-refractivity contribution in [2.24, 2.45) is 0 Å². The second-order valence-corrected chi connectivity index (χ2v) is 19.3. The van der Waals surface area contributed by atoms with Crippen molar-refractivity contribution >= 4 is 5.97 Å². The van der Waals surface area contributed by atoms with Crippen LogP contribution in [0.4, 0.5) is 0 Å². The molecule has 0 bridgehead atoms. The second-order valence-electron chi connectivity index (χ2n) is 19.3. The number of hydrogen-bond acceptors (Lipinski definition) is 2. The maximum Gasteiger partial charge on any atom is 0.305 e. The van der Waals surface area contributed by atoms with Crippen LogP contribution in [-0.2, 0) is 9.53 Å². The van der Waals surface area contributed by atoms with Crippen LogP contribution in [0, 0.1) is 0 Å². The van der Waals surface area contributed by atoms with E-state index >= 15 is 0 Å². The molecule has 0 aliphatic rings. The van der Waals surface area contributed by atoms with Crippen molar-refractivity contribution in [3.63, 3.8) is 0 Å². The average molecular weight is 818 g/mol. The van der Waals surface area contributed by atoms with E-state index in [0.717, 1.165) is 12.8 Å². The lowest BCUT2D eigenvalue weighted by molar-refractivity contribution is -0.143. The molecule has 58 heavy (non-hydrogen) atoms. The van der Waals surface area contributed by atoms with Gasteiger partial charge in [-0.1, -0.05) is 328 Å². The van der Waals surface area contributed by atoms with Crippen LogP contribution in [0.15, 0.2) is 0 Å². The van der Waals surface area contributed by atoms with E-state index in [0.29, 0.717) is 13.0 Å². The fraction of sp³-hybridized carbons (Fsp3) is 0.982. The Hall–Kier alpha value is -0.530. The van der Waals surface area contributed by atoms with Gasteiger partial charge in [-0.2, -0.15) is 0 Å². The monoisotopic (exact) mass is 817 g/mol. The Balaban J connectivity index is 3.14. The van der Waals surface area contributed by atoms with Crippen molar-refractivity contribution in [1.82, 2.24) is 0 Å². The second kappa shape index (κ2) is 54.5. The van der Waals surface area contributed by atoms with Crippen LogP contribution in [0.3, 0.4) is 0 Å². The highest BCUT2D eigenvalue weighted by Gasteiger charge is 2.03. The maximum absolute atomic E-state index is 12.1. The molecule has 0 aromatic carbocycles. The number of rotatable bonds is 53. The molecular weight excluding hydrogens is 705 g/mol. The Labute approximate surface area is 368 Å². The molecule has 348 valence electrons. The molecule has 0 saturated carbocycles. The van der Waals surface area contributed by atoms with Gasteiger partial charge >= 0.3 is 5.97 Å². The van der Waals surface area contributed by atoms with Crippen molar-refractivity contribution in [2.75, 3.05) is 6.61 Å². The van der Waals surface area contributed by atoms with Crippen molar-refractivity contribution in [3.8, 4) is 0 Å². The Morgan fingerprint density at radius 1 is 0.224 bits per heavy atom. The van der Waals surface area contributed by atoms with Crippen LogP contribution in [0.2, 0.25) is 0 Å². The van der Waals surface area contributed by atoms with Gasteiger partial charge in [0.05, 0.1) is 6.61 Å². The molecule has 0 atom stereocenters. The molecule has 0 spiro atoms. The van der Waals surface area contributed by atoms with Crippen LogP contribution < -0.4 is 0 Å². The summed E-state index contributed by atoms with van der Waals surface area (Å²) in [5.41, 5.74) is 0. The van der Waals surface area contributed by atoms with Crippen LogP contribution in [0.1, 0.15) is 348 Å². The number of carbonyl (C=O) groups is 1. The summed E-state index contributed by atoms with van der Waals surface area (Å²) in [6.45, 7) is 5.25. The number of hydrogen-bond donors (Lipinski definition) is 0. The molecular formula is C56H112O2. The Morgan fingerprint density at radius 3 is 0.569 bits per heavy atom. The normalized spacial score (nSPS) is 11.6. The van der Waals surface area contributed by atoms with Gasteiger partial charge in [-0.05, 0) is 12.8 Å². The number of unbranched alkanes of at least 4 members (excludes halogenated alkanes) is 49. The summed E-state index contributed by atoms with van der Waals surface area (Å²) in [5.74, 6) is 0.0357. The first-order valence-electron chi connectivity index (χ1n) is 28.0. The summed E-state index contributed by atoms with van der Waals surface area (Å²) in [6.07, 6.45) is 72.8. The van der Waals surface area contributed by atoms with E-state index in [-0.39, 0.29) is 5.97 Å². The largest absolute Gasteiger partial charge is 0.466 e. The Bertz CT molecular complexity index is 717. The third-order valence-electron chi connectivity index (χ3n) is 13.2. The minimum Gasteiger partial charge on any atom is -0.466 e. The fourth-order valence-electron chi connectivity index (χ4n) is 9.08. The van der Waals surface area contributed by atoms with E-state index in [9.17, 15) is 4.79 Å². The molecule has 2 heteroatoms. The zero-order chi connectivity index (χ0) is 41.8. The minimum absolute atomic E-state index is 0.0357. The van der Waals surface area contributed by atoms with E-state index in [1.54, 1.807) is 0 Å². The zero-order valence-electron chi connectivity index (χ0n) is 40.8. The number of esters is 1. The third-order valence-corrected chi connectivity index (χ3v) is 13.2. The van der Waals surface area contributed by atoms with Gasteiger partial charge in [0.15, 0.2) is 0 Å². The summed E-state index contributed by atoms with van der Waals surface area (Å²) in [7, 11) is 0. The lowest BCUT2D eigenvalue weighted by Crippen LogP contribution is -2.05. The van der Waals surface area contributed by atoms with Crippen molar-refractivity contribution in [2.45, 2.75) is 348 Å². The van der Waals surface area contributed by atoms with Gasteiger partial charge in [0.25, 0.3) is 0 Å². The molecule has 0 N–H and O–H groups in total. The standard InChI is InChI=1S/C56H112O2/c1-3-5-7-9-11-13-15-17-19-21-23-25-27-28-29-30-31-33-35-37-39-41-43-45-47-49-51-53-55-58-56(57)54-52-50-48-46-44-42-40-38-36-34-32-26-24-22-20-18-16-14-12-10-8-6-4-2/h3-55H2,1-2H3. The minimum atomic E-state index is 0.0357. The summed E-state index contributed by atoms with van der Waals surface area (Å²) < 4.78 is 5.51. The molecule has 0 radical (unpaired) electrons. The van der Waals surface area contributed by atoms with Crippen LogP contribution in [-0.4, -0.2) is 12.6 Å². The van der Waals surface area contributed by atoms with E-state index in [4.69, 9.17) is 4.74 Å². The van der Waals surface area contributed by atoms with Gasteiger partial charge in [0, 0.05) is 6.42 Å². The van der Waals surface area contributed by atoms with E-state index in [1.165, 1.54) is 315 Å². The molecule has 2 nitrogen and oxygen atoms in total. The van der Waals surface area contributed by atoms with Crippen LogP contribution in [0.25, 0.3) is 0 Å². The van der Waals surface area contributed by atoms with Gasteiger partial charge in [-0.25, -0.2) is 0 Å². The number of carbonyl (C=O) groups excluding carboxylic acids is 1. The fourth-order valence-corrected chi connectivity index (χ4v) is 9.08. The maximum atomic E-state index is 12.1. The van der Waals surface area contributed by atoms with Gasteiger partial charge in [-0.3, -0.25) is 4.79 Å². The molecule has 0 aliphatic heterocycles. The highest BCUT2D eigenvalue weighted by atomic mass is 16.5. The summed E-state index contributed by atoms with van der Waals surface area (Å²) in [5, 5.41) is 0. The van der Waals surface area contributed by atoms with Crippen LogP contribution >= 0.6 is 0 Å². The quantitative estimate of drug-likeness (QED) is 0.0451. The Kier molecular flexibility index (Phi) is 54.0. The van der Waals surface area contributed by atoms with Crippen molar-refractivity contribution in [3.05, 3.63) is 0 Å². The van der Waals surface area contributed by atoms with Crippen molar-refractivity contribution in [1.29, 1.82) is 0 Å². The molecule has 0 fully saturated rings. The lowest BCUT2D eigenvalue weighted by atomic mass is 10.0. The van der Waals surface area contributed by atoms with Crippen molar-refractivity contribution < 1.29 is 9.53 Å². The smallest absolute Gasteiger partial charge is 0.305 e. The highest BCUT2D eigenvalue weighted by Crippen LogP contribution is 2.18. The van der Waals surface area contributed by atoms with Crippen LogP contribution in [0.5, 0.6) is 0 Å². The molecule has 0 amide bonds. The average Bonchev–Trinajstić information content (AvgIpc) is 3.23. The predicted octanol–water partition coefficient (Wildman–Crippen LogP) is 20.9. The zero-order valence-corrected chi connectivity index (χ0v) is 40.8. The summed E-state index contributed by atoms with van der Waals surface area (Å²) in [4.78, 5) is 12.1. The molecule has 0 aromatic rings.